The molecule has 1 heterocycles. The molecule has 1 aromatic heterocycles. The van der Waals surface area contributed by atoms with Crippen LogP contribution in [0.2, 0.25) is 5.02 Å². The minimum Gasteiger partial charge on any atom is -0.325 e. The van der Waals surface area contributed by atoms with Crippen molar-refractivity contribution in [3.8, 4) is 0 Å². The molecule has 0 amide bonds. The minimum absolute atomic E-state index is 0.434. The second kappa shape index (κ2) is 7.49. The van der Waals surface area contributed by atoms with Crippen LogP contribution in [0, 0.1) is 13.8 Å². The Morgan fingerprint density at radius 1 is 1.12 bits per heavy atom. The topological polar surface area (TPSA) is 53.9 Å². The van der Waals surface area contributed by atoms with Crippen molar-refractivity contribution in [2.24, 2.45) is 0 Å². The first-order valence-corrected chi connectivity index (χ1v) is 8.51. The lowest BCUT2D eigenvalue weighted by atomic mass is 10.2. The van der Waals surface area contributed by atoms with E-state index in [1.165, 1.54) is 5.56 Å². The van der Waals surface area contributed by atoms with Crippen LogP contribution in [0.5, 0.6) is 0 Å². The maximum absolute atomic E-state index is 6.17. The number of anilines is 4. The maximum atomic E-state index is 6.17. The summed E-state index contributed by atoms with van der Waals surface area (Å²) in [5.41, 5.74) is 4.13. The normalized spacial score (nSPS) is 10.6. The second-order valence-electron chi connectivity index (χ2n) is 5.81. The highest BCUT2D eigenvalue weighted by Gasteiger charge is 2.11. The lowest BCUT2D eigenvalue weighted by molar-refractivity contribution is 0.921. The molecule has 1 N–H and O–H groups in total. The van der Waals surface area contributed by atoms with Gasteiger partial charge in [-0.25, -0.2) is 0 Å². The standard InChI is InChI=1S/C19H20ClN5/c1-4-25(16-7-5-6-13(2)10-16)18-12-21-24-19(23-18)22-15-9-8-14(3)17(20)11-15/h5-12H,4H2,1-3H3,(H,22,23,24). The van der Waals surface area contributed by atoms with Crippen molar-refractivity contribution in [1.82, 2.24) is 15.2 Å². The van der Waals surface area contributed by atoms with E-state index < -0.39 is 0 Å². The van der Waals surface area contributed by atoms with Crippen molar-refractivity contribution in [2.45, 2.75) is 20.8 Å². The van der Waals surface area contributed by atoms with Crippen LogP contribution >= 0.6 is 11.6 Å². The number of aromatic nitrogens is 3. The summed E-state index contributed by atoms with van der Waals surface area (Å²) < 4.78 is 0. The van der Waals surface area contributed by atoms with E-state index in [-0.39, 0.29) is 0 Å². The molecule has 0 aliphatic carbocycles. The summed E-state index contributed by atoms with van der Waals surface area (Å²) in [5.74, 6) is 1.17. The zero-order valence-electron chi connectivity index (χ0n) is 14.5. The first-order chi connectivity index (χ1) is 12.1. The molecule has 128 valence electrons. The first-order valence-electron chi connectivity index (χ1n) is 8.14. The van der Waals surface area contributed by atoms with E-state index in [0.717, 1.165) is 29.3 Å². The summed E-state index contributed by atoms with van der Waals surface area (Å²) in [6.07, 6.45) is 1.67. The number of benzene rings is 2. The molecule has 25 heavy (non-hydrogen) atoms. The summed E-state index contributed by atoms with van der Waals surface area (Å²) in [5, 5.41) is 12.0. The fourth-order valence-electron chi connectivity index (χ4n) is 2.55. The van der Waals surface area contributed by atoms with Gasteiger partial charge in [0, 0.05) is 22.9 Å². The van der Waals surface area contributed by atoms with Gasteiger partial charge in [0.1, 0.15) is 0 Å². The molecule has 0 spiro atoms. The van der Waals surface area contributed by atoms with Gasteiger partial charge in [-0.05, 0) is 56.2 Å². The molecule has 0 aliphatic rings. The molecule has 0 unspecified atom stereocenters. The van der Waals surface area contributed by atoms with Crippen LogP contribution < -0.4 is 10.2 Å². The van der Waals surface area contributed by atoms with Crippen LogP contribution in [0.15, 0.2) is 48.7 Å². The van der Waals surface area contributed by atoms with Gasteiger partial charge >= 0.3 is 0 Å². The number of nitrogens with zero attached hydrogens (tertiary/aromatic N) is 4. The van der Waals surface area contributed by atoms with E-state index in [0.29, 0.717) is 11.0 Å². The highest BCUT2D eigenvalue weighted by Crippen LogP contribution is 2.25. The molecule has 0 saturated carbocycles. The summed E-state index contributed by atoms with van der Waals surface area (Å²) in [6.45, 7) is 6.89. The van der Waals surface area contributed by atoms with E-state index >= 15 is 0 Å². The number of hydrogen-bond donors (Lipinski definition) is 1. The Kier molecular flexibility index (Phi) is 5.14. The monoisotopic (exact) mass is 353 g/mol. The Morgan fingerprint density at radius 2 is 1.96 bits per heavy atom. The van der Waals surface area contributed by atoms with E-state index in [2.05, 4.69) is 57.4 Å². The van der Waals surface area contributed by atoms with Crippen molar-refractivity contribution < 1.29 is 0 Å². The fourth-order valence-corrected chi connectivity index (χ4v) is 2.73. The molecule has 0 atom stereocenters. The third-order valence-electron chi connectivity index (χ3n) is 3.88. The van der Waals surface area contributed by atoms with Gasteiger partial charge in [-0.3, -0.25) is 0 Å². The lowest BCUT2D eigenvalue weighted by Gasteiger charge is -2.22. The highest BCUT2D eigenvalue weighted by atomic mass is 35.5. The first kappa shape index (κ1) is 17.2. The zero-order valence-corrected chi connectivity index (χ0v) is 15.2. The van der Waals surface area contributed by atoms with E-state index in [9.17, 15) is 0 Å². The van der Waals surface area contributed by atoms with Crippen molar-refractivity contribution in [1.29, 1.82) is 0 Å². The third-order valence-corrected chi connectivity index (χ3v) is 4.29. The summed E-state index contributed by atoms with van der Waals surface area (Å²) in [6, 6.07) is 14.0. The molecule has 0 bridgehead atoms. The van der Waals surface area contributed by atoms with Crippen LogP contribution in [0.1, 0.15) is 18.1 Å². The molecule has 3 rings (SSSR count). The number of halogens is 1. The molecule has 0 fully saturated rings. The van der Waals surface area contributed by atoms with E-state index in [1.807, 2.05) is 31.2 Å². The van der Waals surface area contributed by atoms with Crippen LogP contribution in [0.3, 0.4) is 0 Å². The van der Waals surface area contributed by atoms with Gasteiger partial charge in [0.05, 0.1) is 6.20 Å². The van der Waals surface area contributed by atoms with Crippen LogP contribution in [0.4, 0.5) is 23.1 Å². The maximum Gasteiger partial charge on any atom is 0.249 e. The largest absolute Gasteiger partial charge is 0.325 e. The smallest absolute Gasteiger partial charge is 0.249 e. The Hall–Kier alpha value is -2.66. The van der Waals surface area contributed by atoms with Crippen LogP contribution in [-0.2, 0) is 0 Å². The predicted molar refractivity (Wildman–Crippen MR) is 103 cm³/mol. The molecule has 3 aromatic rings. The SMILES string of the molecule is CCN(c1cccc(C)c1)c1cnnc(Nc2ccc(C)c(Cl)c2)n1. The molecule has 6 heteroatoms. The number of aryl methyl sites for hydroxylation is 2. The lowest BCUT2D eigenvalue weighted by Crippen LogP contribution is -2.18. The van der Waals surface area contributed by atoms with Gasteiger partial charge in [-0.1, -0.05) is 29.8 Å². The Balaban J connectivity index is 1.88. The van der Waals surface area contributed by atoms with E-state index in [4.69, 9.17) is 11.6 Å². The Morgan fingerprint density at radius 3 is 2.68 bits per heavy atom. The average molecular weight is 354 g/mol. The molecular formula is C19H20ClN5. The van der Waals surface area contributed by atoms with Crippen molar-refractivity contribution in [2.75, 3.05) is 16.8 Å². The Bertz CT molecular complexity index is 881. The van der Waals surface area contributed by atoms with Crippen molar-refractivity contribution in [3.05, 3.63) is 64.8 Å². The van der Waals surface area contributed by atoms with Crippen molar-refractivity contribution >= 4 is 34.7 Å². The minimum atomic E-state index is 0.434. The number of rotatable bonds is 5. The quantitative estimate of drug-likeness (QED) is 0.696. The third kappa shape index (κ3) is 4.06. The van der Waals surface area contributed by atoms with Gasteiger partial charge in [0.15, 0.2) is 5.82 Å². The molecule has 0 radical (unpaired) electrons. The van der Waals surface area contributed by atoms with Gasteiger partial charge in [-0.2, -0.15) is 10.1 Å². The number of hydrogen-bond acceptors (Lipinski definition) is 5. The summed E-state index contributed by atoms with van der Waals surface area (Å²) in [7, 11) is 0. The summed E-state index contributed by atoms with van der Waals surface area (Å²) in [4.78, 5) is 6.69. The fraction of sp³-hybridized carbons (Fsp3) is 0.211. The van der Waals surface area contributed by atoms with Gasteiger partial charge in [0.2, 0.25) is 5.95 Å². The second-order valence-corrected chi connectivity index (χ2v) is 6.22. The molecule has 5 nitrogen and oxygen atoms in total. The van der Waals surface area contributed by atoms with Crippen LogP contribution in [0.25, 0.3) is 0 Å². The van der Waals surface area contributed by atoms with E-state index in [1.54, 1.807) is 6.20 Å². The number of nitrogens with one attached hydrogen (secondary N) is 1. The van der Waals surface area contributed by atoms with Crippen molar-refractivity contribution in [3.63, 3.8) is 0 Å². The molecule has 2 aromatic carbocycles. The van der Waals surface area contributed by atoms with Gasteiger partial charge in [-0.15, -0.1) is 5.10 Å². The average Bonchev–Trinajstić information content (AvgIpc) is 2.59. The molecule has 0 aliphatic heterocycles. The highest BCUT2D eigenvalue weighted by molar-refractivity contribution is 6.31. The van der Waals surface area contributed by atoms with Gasteiger partial charge in [0.25, 0.3) is 0 Å². The molecule has 0 saturated heterocycles. The Labute approximate surface area is 152 Å². The van der Waals surface area contributed by atoms with Crippen LogP contribution in [-0.4, -0.2) is 21.7 Å². The predicted octanol–water partition coefficient (Wildman–Crippen LogP) is 5.04. The van der Waals surface area contributed by atoms with Gasteiger partial charge < -0.3 is 10.2 Å². The zero-order chi connectivity index (χ0) is 17.8. The summed E-state index contributed by atoms with van der Waals surface area (Å²) >= 11 is 6.17. The molecular weight excluding hydrogens is 334 g/mol.